The van der Waals surface area contributed by atoms with Gasteiger partial charge in [0.15, 0.2) is 0 Å². The zero-order valence-corrected chi connectivity index (χ0v) is 11.8. The minimum Gasteiger partial charge on any atom is -0.354 e. The Labute approximate surface area is 112 Å². The fourth-order valence-electron chi connectivity index (χ4n) is 1.40. The van der Waals surface area contributed by atoms with Gasteiger partial charge in [0.25, 0.3) is 5.91 Å². The molecule has 0 saturated heterocycles. The number of amides is 2. The molecular formula is C12H21N5O2. The van der Waals surface area contributed by atoms with Crippen molar-refractivity contribution in [3.8, 4) is 0 Å². The van der Waals surface area contributed by atoms with Crippen molar-refractivity contribution in [2.24, 2.45) is 0 Å². The van der Waals surface area contributed by atoms with Crippen LogP contribution in [0.4, 0.5) is 0 Å². The third kappa shape index (κ3) is 5.07. The number of nitrogens with one attached hydrogen (secondary N) is 3. The molecule has 19 heavy (non-hydrogen) atoms. The Morgan fingerprint density at radius 2 is 1.95 bits per heavy atom. The van der Waals surface area contributed by atoms with Gasteiger partial charge in [-0.1, -0.05) is 13.8 Å². The topological polar surface area (TPSA) is 99.8 Å². The minimum absolute atomic E-state index is 0.0897. The fraction of sp³-hybridized carbons (Fsp3) is 0.667. The first kappa shape index (κ1) is 15.1. The molecule has 0 aliphatic rings. The van der Waals surface area contributed by atoms with Crippen molar-refractivity contribution in [2.45, 2.75) is 46.1 Å². The monoisotopic (exact) mass is 267 g/mol. The van der Waals surface area contributed by atoms with Crippen molar-refractivity contribution in [1.29, 1.82) is 0 Å². The van der Waals surface area contributed by atoms with Gasteiger partial charge in [0, 0.05) is 24.9 Å². The highest BCUT2D eigenvalue weighted by Crippen LogP contribution is 2.07. The van der Waals surface area contributed by atoms with Gasteiger partial charge in [0.05, 0.1) is 0 Å². The van der Waals surface area contributed by atoms with Crippen molar-refractivity contribution < 1.29 is 9.59 Å². The van der Waals surface area contributed by atoms with Gasteiger partial charge in [-0.15, -0.1) is 5.10 Å². The number of nitrogens with zero attached hydrogens (tertiary/aromatic N) is 2. The van der Waals surface area contributed by atoms with Crippen molar-refractivity contribution in [3.63, 3.8) is 0 Å². The van der Waals surface area contributed by atoms with Crippen molar-refractivity contribution >= 4 is 11.8 Å². The lowest BCUT2D eigenvalue weighted by Crippen LogP contribution is -2.34. The maximum Gasteiger partial charge on any atom is 0.290 e. The summed E-state index contributed by atoms with van der Waals surface area (Å²) in [6.45, 7) is 7.95. The SMILES string of the molecule is CC(C)NC(=O)CCNC(=O)c1n[nH]c(C(C)C)n1. The Hall–Kier alpha value is -1.92. The Balaban J connectivity index is 2.36. The molecule has 0 spiro atoms. The van der Waals surface area contributed by atoms with Gasteiger partial charge in [0.1, 0.15) is 5.82 Å². The summed E-state index contributed by atoms with van der Waals surface area (Å²) >= 11 is 0. The molecule has 0 aliphatic heterocycles. The molecule has 3 N–H and O–H groups in total. The molecule has 0 unspecified atom stereocenters. The van der Waals surface area contributed by atoms with Crippen molar-refractivity contribution in [2.75, 3.05) is 6.54 Å². The van der Waals surface area contributed by atoms with E-state index in [0.717, 1.165) is 0 Å². The van der Waals surface area contributed by atoms with Crippen LogP contribution in [-0.2, 0) is 4.79 Å². The lowest BCUT2D eigenvalue weighted by Gasteiger charge is -2.08. The predicted octanol–water partition coefficient (Wildman–Crippen LogP) is 0.573. The standard InChI is InChI=1S/C12H21N5O2/c1-7(2)10-15-11(17-16-10)12(19)13-6-5-9(18)14-8(3)4/h7-8H,5-6H2,1-4H3,(H,13,19)(H,14,18)(H,15,16,17). The van der Waals surface area contributed by atoms with E-state index in [1.807, 2.05) is 27.7 Å². The zero-order valence-electron chi connectivity index (χ0n) is 11.8. The maximum absolute atomic E-state index is 11.7. The summed E-state index contributed by atoms with van der Waals surface area (Å²) in [5, 5.41) is 11.9. The molecule has 7 heteroatoms. The molecule has 0 radical (unpaired) electrons. The van der Waals surface area contributed by atoms with Gasteiger partial charge in [-0.25, -0.2) is 4.98 Å². The van der Waals surface area contributed by atoms with Crippen LogP contribution >= 0.6 is 0 Å². The minimum atomic E-state index is -0.375. The van der Waals surface area contributed by atoms with Crippen LogP contribution in [0.1, 0.15) is 56.5 Å². The van der Waals surface area contributed by atoms with E-state index in [2.05, 4.69) is 25.8 Å². The first-order valence-electron chi connectivity index (χ1n) is 6.40. The van der Waals surface area contributed by atoms with Gasteiger partial charge in [0.2, 0.25) is 11.7 Å². The van der Waals surface area contributed by atoms with Crippen molar-refractivity contribution in [1.82, 2.24) is 25.8 Å². The Morgan fingerprint density at radius 3 is 2.47 bits per heavy atom. The smallest absolute Gasteiger partial charge is 0.290 e. The summed E-state index contributed by atoms with van der Waals surface area (Å²) in [7, 11) is 0. The van der Waals surface area contributed by atoms with E-state index in [9.17, 15) is 9.59 Å². The largest absolute Gasteiger partial charge is 0.354 e. The number of hydrogen-bond donors (Lipinski definition) is 3. The van der Waals surface area contributed by atoms with Crippen LogP contribution in [0, 0.1) is 0 Å². The van der Waals surface area contributed by atoms with Gasteiger partial charge in [-0.05, 0) is 13.8 Å². The number of aromatic nitrogens is 3. The average molecular weight is 267 g/mol. The number of rotatable bonds is 6. The molecule has 0 aromatic carbocycles. The first-order chi connectivity index (χ1) is 8.90. The lowest BCUT2D eigenvalue weighted by molar-refractivity contribution is -0.121. The average Bonchev–Trinajstić information content (AvgIpc) is 2.76. The highest BCUT2D eigenvalue weighted by atomic mass is 16.2. The second kappa shape index (κ2) is 6.86. The zero-order chi connectivity index (χ0) is 14.4. The molecule has 0 saturated carbocycles. The predicted molar refractivity (Wildman–Crippen MR) is 70.7 cm³/mol. The second-order valence-electron chi connectivity index (χ2n) is 4.93. The molecule has 0 bridgehead atoms. The third-order valence-corrected chi connectivity index (χ3v) is 2.34. The molecule has 1 aromatic rings. The summed E-state index contributed by atoms with van der Waals surface area (Å²) in [6.07, 6.45) is 0.241. The van der Waals surface area contributed by atoms with Crippen LogP contribution in [0.2, 0.25) is 0 Å². The molecular weight excluding hydrogens is 246 g/mol. The van der Waals surface area contributed by atoms with Crippen LogP contribution < -0.4 is 10.6 Å². The Morgan fingerprint density at radius 1 is 1.26 bits per heavy atom. The molecule has 1 heterocycles. The van der Waals surface area contributed by atoms with Crippen LogP contribution in [0.3, 0.4) is 0 Å². The summed E-state index contributed by atoms with van der Waals surface area (Å²) in [5.41, 5.74) is 0. The van der Waals surface area contributed by atoms with Crippen molar-refractivity contribution in [3.05, 3.63) is 11.6 Å². The van der Waals surface area contributed by atoms with E-state index in [4.69, 9.17) is 0 Å². The molecule has 0 aliphatic carbocycles. The first-order valence-corrected chi connectivity index (χ1v) is 6.40. The van der Waals surface area contributed by atoms with E-state index in [1.54, 1.807) is 0 Å². The molecule has 7 nitrogen and oxygen atoms in total. The molecule has 2 amide bonds. The molecule has 1 aromatic heterocycles. The van der Waals surface area contributed by atoms with Gasteiger partial charge < -0.3 is 10.6 Å². The summed E-state index contributed by atoms with van der Waals surface area (Å²) in [4.78, 5) is 27.1. The van der Waals surface area contributed by atoms with E-state index >= 15 is 0 Å². The molecule has 0 atom stereocenters. The van der Waals surface area contributed by atoms with Gasteiger partial charge >= 0.3 is 0 Å². The highest BCUT2D eigenvalue weighted by Gasteiger charge is 2.14. The number of aromatic amines is 1. The molecule has 106 valence electrons. The van der Waals surface area contributed by atoms with E-state index in [1.165, 1.54) is 0 Å². The molecule has 0 fully saturated rings. The third-order valence-electron chi connectivity index (χ3n) is 2.34. The number of carbonyl (C=O) groups is 2. The second-order valence-corrected chi connectivity index (χ2v) is 4.93. The van der Waals surface area contributed by atoms with Crippen LogP contribution in [0.25, 0.3) is 0 Å². The fourth-order valence-corrected chi connectivity index (χ4v) is 1.40. The van der Waals surface area contributed by atoms with E-state index in [0.29, 0.717) is 5.82 Å². The van der Waals surface area contributed by atoms with Crippen LogP contribution in [0.15, 0.2) is 0 Å². The Kier molecular flexibility index (Phi) is 5.47. The lowest BCUT2D eigenvalue weighted by atomic mass is 10.2. The number of hydrogen-bond acceptors (Lipinski definition) is 4. The summed E-state index contributed by atoms with van der Waals surface area (Å²) in [5.74, 6) is 0.496. The van der Waals surface area contributed by atoms with Crippen LogP contribution in [0.5, 0.6) is 0 Å². The molecule has 1 rings (SSSR count). The van der Waals surface area contributed by atoms with Gasteiger partial charge in [-0.3, -0.25) is 14.7 Å². The highest BCUT2D eigenvalue weighted by molar-refractivity contribution is 5.90. The van der Waals surface area contributed by atoms with E-state index in [-0.39, 0.29) is 42.6 Å². The maximum atomic E-state index is 11.7. The Bertz CT molecular complexity index is 439. The summed E-state index contributed by atoms with van der Waals surface area (Å²) < 4.78 is 0. The normalized spacial score (nSPS) is 10.8. The quantitative estimate of drug-likeness (QED) is 0.701. The van der Waals surface area contributed by atoms with Gasteiger partial charge in [-0.2, -0.15) is 0 Å². The number of H-pyrrole nitrogens is 1. The van der Waals surface area contributed by atoms with Crippen LogP contribution in [-0.4, -0.2) is 39.6 Å². The van der Waals surface area contributed by atoms with E-state index < -0.39 is 0 Å². The number of carbonyl (C=O) groups excluding carboxylic acids is 2. The summed E-state index contributed by atoms with van der Waals surface area (Å²) in [6, 6.07) is 0.102.